The molecule has 0 aromatic heterocycles. The van der Waals surface area contributed by atoms with E-state index in [-0.39, 0.29) is 12.1 Å². The number of nitro benzene ring substituents is 1. The highest BCUT2D eigenvalue weighted by Crippen LogP contribution is 2.29. The standard InChI is InChI=1S/C15H10F4N2O3/c16-12-6-5-11(8-13(12)21(23)24)20-14(22)7-9-1-3-10(4-2-9)15(17,18)19/h1-6,8H,7H2,(H,20,22). The number of amides is 1. The van der Waals surface area contributed by atoms with Crippen LogP contribution in [0, 0.1) is 15.9 Å². The van der Waals surface area contributed by atoms with E-state index in [1.54, 1.807) is 0 Å². The molecule has 2 aromatic rings. The number of nitrogens with zero attached hydrogens (tertiary/aromatic N) is 1. The van der Waals surface area contributed by atoms with Crippen molar-refractivity contribution >= 4 is 17.3 Å². The van der Waals surface area contributed by atoms with Crippen molar-refractivity contribution < 1.29 is 27.3 Å². The molecule has 5 nitrogen and oxygen atoms in total. The lowest BCUT2D eigenvalue weighted by molar-refractivity contribution is -0.387. The van der Waals surface area contributed by atoms with E-state index in [1.807, 2.05) is 0 Å². The van der Waals surface area contributed by atoms with Gasteiger partial charge in [0.15, 0.2) is 0 Å². The minimum atomic E-state index is -4.46. The van der Waals surface area contributed by atoms with Crippen LogP contribution in [-0.4, -0.2) is 10.8 Å². The molecule has 2 aromatic carbocycles. The number of carbonyl (C=O) groups excluding carboxylic acids is 1. The monoisotopic (exact) mass is 342 g/mol. The van der Waals surface area contributed by atoms with Crippen LogP contribution in [0.3, 0.4) is 0 Å². The zero-order chi connectivity index (χ0) is 17.9. The Balaban J connectivity index is 2.06. The first-order valence-corrected chi connectivity index (χ1v) is 6.57. The highest BCUT2D eigenvalue weighted by Gasteiger charge is 2.30. The van der Waals surface area contributed by atoms with E-state index < -0.39 is 34.1 Å². The summed E-state index contributed by atoms with van der Waals surface area (Å²) < 4.78 is 50.5. The van der Waals surface area contributed by atoms with Gasteiger partial charge in [0, 0.05) is 11.8 Å². The Hall–Kier alpha value is -2.97. The van der Waals surface area contributed by atoms with E-state index >= 15 is 0 Å². The van der Waals surface area contributed by atoms with E-state index in [0.29, 0.717) is 5.56 Å². The molecule has 9 heteroatoms. The van der Waals surface area contributed by atoms with Crippen LogP contribution in [0.15, 0.2) is 42.5 Å². The Morgan fingerprint density at radius 3 is 2.29 bits per heavy atom. The van der Waals surface area contributed by atoms with Crippen molar-refractivity contribution in [3.63, 3.8) is 0 Å². The summed E-state index contributed by atoms with van der Waals surface area (Å²) in [6.45, 7) is 0. The summed E-state index contributed by atoms with van der Waals surface area (Å²) in [5.41, 5.74) is -1.28. The van der Waals surface area contributed by atoms with Gasteiger partial charge in [-0.25, -0.2) is 0 Å². The SMILES string of the molecule is O=C(Cc1ccc(C(F)(F)F)cc1)Nc1ccc(F)c([N+](=O)[O-])c1. The minimum absolute atomic E-state index is 0.0139. The van der Waals surface area contributed by atoms with E-state index in [0.717, 1.165) is 42.5 Å². The van der Waals surface area contributed by atoms with Gasteiger partial charge in [-0.15, -0.1) is 0 Å². The second-order valence-electron chi connectivity index (χ2n) is 4.84. The molecule has 1 amide bonds. The first-order valence-electron chi connectivity index (χ1n) is 6.57. The third-order valence-corrected chi connectivity index (χ3v) is 3.07. The Morgan fingerprint density at radius 1 is 1.12 bits per heavy atom. The Bertz CT molecular complexity index is 773. The predicted octanol–water partition coefficient (Wildman–Crippen LogP) is 3.93. The second kappa shape index (κ2) is 6.65. The van der Waals surface area contributed by atoms with Gasteiger partial charge in [0.1, 0.15) is 0 Å². The van der Waals surface area contributed by atoms with Crippen LogP contribution in [0.5, 0.6) is 0 Å². The Labute approximate surface area is 133 Å². The summed E-state index contributed by atoms with van der Waals surface area (Å²) in [5, 5.41) is 13.0. The quantitative estimate of drug-likeness (QED) is 0.520. The molecule has 126 valence electrons. The Morgan fingerprint density at radius 2 is 1.75 bits per heavy atom. The third-order valence-electron chi connectivity index (χ3n) is 3.07. The number of benzene rings is 2. The van der Waals surface area contributed by atoms with Gasteiger partial charge in [-0.2, -0.15) is 17.6 Å². The number of nitrogens with one attached hydrogen (secondary N) is 1. The number of alkyl halides is 3. The number of nitro groups is 1. The van der Waals surface area contributed by atoms with Gasteiger partial charge >= 0.3 is 11.9 Å². The van der Waals surface area contributed by atoms with Gasteiger partial charge < -0.3 is 5.32 Å². The fourth-order valence-corrected chi connectivity index (χ4v) is 1.93. The number of anilines is 1. The molecule has 0 aliphatic rings. The predicted molar refractivity (Wildman–Crippen MR) is 76.8 cm³/mol. The maximum atomic E-state index is 13.2. The lowest BCUT2D eigenvalue weighted by atomic mass is 10.1. The maximum absolute atomic E-state index is 13.2. The molecule has 0 aliphatic heterocycles. The summed E-state index contributed by atoms with van der Waals surface area (Å²) in [4.78, 5) is 21.5. The number of halogens is 4. The van der Waals surface area contributed by atoms with E-state index in [1.165, 1.54) is 0 Å². The average Bonchev–Trinajstić information content (AvgIpc) is 2.48. The topological polar surface area (TPSA) is 72.2 Å². The lowest BCUT2D eigenvalue weighted by Crippen LogP contribution is -2.15. The molecule has 2 rings (SSSR count). The molecule has 24 heavy (non-hydrogen) atoms. The number of hydrogen-bond acceptors (Lipinski definition) is 3. The maximum Gasteiger partial charge on any atom is 0.416 e. The van der Waals surface area contributed by atoms with E-state index in [2.05, 4.69) is 5.32 Å². The first-order chi connectivity index (χ1) is 11.2. The fourth-order valence-electron chi connectivity index (χ4n) is 1.93. The molecule has 0 saturated heterocycles. The molecule has 1 N–H and O–H groups in total. The number of rotatable bonds is 4. The summed E-state index contributed by atoms with van der Waals surface area (Å²) in [5.74, 6) is -1.64. The largest absolute Gasteiger partial charge is 0.416 e. The van der Waals surface area contributed by atoms with Gasteiger partial charge in [-0.05, 0) is 29.8 Å². The molecule has 0 fully saturated rings. The molecular formula is C15H10F4N2O3. The molecule has 0 bridgehead atoms. The zero-order valence-electron chi connectivity index (χ0n) is 11.9. The van der Waals surface area contributed by atoms with Crippen molar-refractivity contribution in [2.24, 2.45) is 0 Å². The molecule has 0 radical (unpaired) electrons. The lowest BCUT2D eigenvalue weighted by Gasteiger charge is -2.08. The molecular weight excluding hydrogens is 332 g/mol. The van der Waals surface area contributed by atoms with Crippen molar-refractivity contribution in [3.8, 4) is 0 Å². The smallest absolute Gasteiger partial charge is 0.326 e. The first kappa shape index (κ1) is 17.4. The van der Waals surface area contributed by atoms with Crippen LogP contribution in [0.4, 0.5) is 28.9 Å². The third kappa shape index (κ3) is 4.28. The number of carbonyl (C=O) groups is 1. The molecule has 0 heterocycles. The minimum Gasteiger partial charge on any atom is -0.326 e. The summed E-state index contributed by atoms with van der Waals surface area (Å²) in [6.07, 6.45) is -4.70. The van der Waals surface area contributed by atoms with Gasteiger partial charge in [0.25, 0.3) is 0 Å². The van der Waals surface area contributed by atoms with E-state index in [4.69, 9.17) is 0 Å². The number of hydrogen-bond donors (Lipinski definition) is 1. The van der Waals surface area contributed by atoms with Crippen LogP contribution in [0.2, 0.25) is 0 Å². The molecule has 0 aliphatic carbocycles. The normalized spacial score (nSPS) is 11.2. The van der Waals surface area contributed by atoms with Crippen molar-refractivity contribution in [3.05, 3.63) is 69.5 Å². The van der Waals surface area contributed by atoms with Gasteiger partial charge in [0.2, 0.25) is 11.7 Å². The van der Waals surface area contributed by atoms with E-state index in [9.17, 15) is 32.5 Å². The van der Waals surface area contributed by atoms with Gasteiger partial charge in [-0.1, -0.05) is 12.1 Å². The highest BCUT2D eigenvalue weighted by molar-refractivity contribution is 5.92. The fraction of sp³-hybridized carbons (Fsp3) is 0.133. The van der Waals surface area contributed by atoms with Crippen molar-refractivity contribution in [2.45, 2.75) is 12.6 Å². The van der Waals surface area contributed by atoms with Crippen LogP contribution in [0.25, 0.3) is 0 Å². The second-order valence-corrected chi connectivity index (χ2v) is 4.84. The van der Waals surface area contributed by atoms with Crippen LogP contribution >= 0.6 is 0 Å². The van der Waals surface area contributed by atoms with Crippen molar-refractivity contribution in [2.75, 3.05) is 5.32 Å². The molecule has 0 unspecified atom stereocenters. The summed E-state index contributed by atoms with van der Waals surface area (Å²) in [6, 6.07) is 6.88. The van der Waals surface area contributed by atoms with Crippen LogP contribution in [-0.2, 0) is 17.4 Å². The molecule has 0 saturated carbocycles. The van der Waals surface area contributed by atoms with Gasteiger partial charge in [-0.3, -0.25) is 14.9 Å². The summed E-state index contributed by atoms with van der Waals surface area (Å²) >= 11 is 0. The van der Waals surface area contributed by atoms with Crippen molar-refractivity contribution in [1.29, 1.82) is 0 Å². The zero-order valence-corrected chi connectivity index (χ0v) is 11.9. The average molecular weight is 342 g/mol. The molecule has 0 atom stereocenters. The van der Waals surface area contributed by atoms with Crippen LogP contribution in [0.1, 0.15) is 11.1 Å². The van der Waals surface area contributed by atoms with Crippen LogP contribution < -0.4 is 5.32 Å². The Kier molecular flexibility index (Phi) is 4.82. The summed E-state index contributed by atoms with van der Waals surface area (Å²) in [7, 11) is 0. The van der Waals surface area contributed by atoms with Gasteiger partial charge in [0.05, 0.1) is 16.9 Å². The highest BCUT2D eigenvalue weighted by atomic mass is 19.4. The molecule has 0 spiro atoms. The van der Waals surface area contributed by atoms with Crippen molar-refractivity contribution in [1.82, 2.24) is 0 Å².